The zero-order valence-electron chi connectivity index (χ0n) is 15.8. The monoisotopic (exact) mass is 393 g/mol. The molecule has 0 spiro atoms. The summed E-state index contributed by atoms with van der Waals surface area (Å²) in [7, 11) is 0. The summed E-state index contributed by atoms with van der Waals surface area (Å²) in [5.74, 6) is -1.41. The number of hydrogen-bond donors (Lipinski definition) is 4. The first kappa shape index (κ1) is 23.1. The lowest BCUT2D eigenvalue weighted by Crippen LogP contribution is -2.46. The number of carbonyl (C=O) groups excluding carboxylic acids is 4. The minimum Gasteiger partial charge on any atom is -0.445 e. The van der Waals surface area contributed by atoms with Crippen molar-refractivity contribution in [2.75, 3.05) is 6.54 Å². The van der Waals surface area contributed by atoms with Gasteiger partial charge in [-0.05, 0) is 12.0 Å². The first-order valence-corrected chi connectivity index (χ1v) is 9.04. The number of Topliss-reactive ketones (excluding diaryl/α,β-unsaturated/α-hetero) is 1. The Balaban J connectivity index is 2.31. The highest BCUT2D eigenvalue weighted by Crippen LogP contribution is 2.03. The molecule has 0 bridgehead atoms. The number of nitrogens with two attached hydrogens (primary N) is 1. The van der Waals surface area contributed by atoms with Crippen LogP contribution in [0.3, 0.4) is 0 Å². The van der Waals surface area contributed by atoms with Crippen LogP contribution >= 0.6 is 0 Å². The van der Waals surface area contributed by atoms with Crippen molar-refractivity contribution in [2.45, 2.75) is 51.4 Å². The van der Waals surface area contributed by atoms with Gasteiger partial charge in [-0.15, -0.1) is 0 Å². The largest absolute Gasteiger partial charge is 0.445 e. The number of ether oxygens (including phenoxy) is 1. The van der Waals surface area contributed by atoms with E-state index in [-0.39, 0.29) is 38.2 Å². The molecule has 0 radical (unpaired) electrons. The van der Waals surface area contributed by atoms with Crippen LogP contribution in [0.1, 0.15) is 38.2 Å². The van der Waals surface area contributed by atoms with Crippen LogP contribution < -0.4 is 16.4 Å². The highest BCUT2D eigenvalue weighted by Gasteiger charge is 2.21. The zero-order chi connectivity index (χ0) is 20.9. The van der Waals surface area contributed by atoms with E-state index in [0.717, 1.165) is 5.56 Å². The minimum atomic E-state index is -1.17. The summed E-state index contributed by atoms with van der Waals surface area (Å²) in [4.78, 5) is 46.3. The Morgan fingerprint density at radius 3 is 2.46 bits per heavy atom. The van der Waals surface area contributed by atoms with Crippen molar-refractivity contribution in [1.29, 1.82) is 0 Å². The average molecular weight is 393 g/mol. The van der Waals surface area contributed by atoms with Crippen molar-refractivity contribution >= 4 is 23.7 Å². The van der Waals surface area contributed by atoms with E-state index >= 15 is 0 Å². The van der Waals surface area contributed by atoms with Gasteiger partial charge in [0.15, 0.2) is 0 Å². The molecule has 3 amide bonds. The van der Waals surface area contributed by atoms with Crippen LogP contribution in [0.2, 0.25) is 0 Å². The SMILES string of the molecule is CCC(=O)CC[C@H](NC(=O)C[C@H](O)CNC(=O)OCc1ccccc1)C(N)=O. The van der Waals surface area contributed by atoms with Crippen LogP contribution in [0, 0.1) is 0 Å². The predicted octanol–water partition coefficient (Wildman–Crippen LogP) is 0.393. The van der Waals surface area contributed by atoms with Gasteiger partial charge in [-0.25, -0.2) is 4.79 Å². The second-order valence-corrected chi connectivity index (χ2v) is 6.25. The number of hydrogen-bond acceptors (Lipinski definition) is 6. The molecule has 9 heteroatoms. The van der Waals surface area contributed by atoms with Gasteiger partial charge in [-0.3, -0.25) is 14.4 Å². The van der Waals surface area contributed by atoms with E-state index in [4.69, 9.17) is 10.5 Å². The van der Waals surface area contributed by atoms with Crippen LogP contribution in [0.15, 0.2) is 30.3 Å². The van der Waals surface area contributed by atoms with Crippen LogP contribution in [0.5, 0.6) is 0 Å². The van der Waals surface area contributed by atoms with E-state index in [1.807, 2.05) is 18.2 Å². The number of benzene rings is 1. The molecule has 0 aliphatic heterocycles. The van der Waals surface area contributed by atoms with Gasteiger partial charge >= 0.3 is 6.09 Å². The van der Waals surface area contributed by atoms with Gasteiger partial charge in [-0.1, -0.05) is 37.3 Å². The fraction of sp³-hybridized carbons (Fsp3) is 0.474. The normalized spacial score (nSPS) is 12.5. The molecule has 0 saturated carbocycles. The quantitative estimate of drug-likeness (QED) is 0.404. The lowest BCUT2D eigenvalue weighted by molar-refractivity contribution is -0.129. The summed E-state index contributed by atoms with van der Waals surface area (Å²) in [6, 6.07) is 8.09. The second-order valence-electron chi connectivity index (χ2n) is 6.25. The van der Waals surface area contributed by atoms with Gasteiger partial charge in [0, 0.05) is 19.4 Å². The maximum atomic E-state index is 11.9. The molecule has 0 unspecified atom stereocenters. The zero-order valence-corrected chi connectivity index (χ0v) is 15.8. The highest BCUT2D eigenvalue weighted by molar-refractivity contribution is 5.87. The number of ketones is 1. The van der Waals surface area contributed by atoms with Crippen molar-refractivity contribution in [3.8, 4) is 0 Å². The number of rotatable bonds is 12. The van der Waals surface area contributed by atoms with E-state index in [9.17, 15) is 24.3 Å². The molecule has 28 heavy (non-hydrogen) atoms. The maximum Gasteiger partial charge on any atom is 0.407 e. The van der Waals surface area contributed by atoms with Crippen LogP contribution in [0.25, 0.3) is 0 Å². The lowest BCUT2D eigenvalue weighted by Gasteiger charge is -2.17. The van der Waals surface area contributed by atoms with Gasteiger partial charge < -0.3 is 26.2 Å². The topological polar surface area (TPSA) is 148 Å². The van der Waals surface area contributed by atoms with Crippen molar-refractivity contribution in [3.63, 3.8) is 0 Å². The lowest BCUT2D eigenvalue weighted by atomic mass is 10.1. The number of amides is 3. The fourth-order valence-electron chi connectivity index (χ4n) is 2.28. The van der Waals surface area contributed by atoms with Crippen molar-refractivity contribution in [1.82, 2.24) is 10.6 Å². The second kappa shape index (κ2) is 12.4. The fourth-order valence-corrected chi connectivity index (χ4v) is 2.28. The third-order valence-corrected chi connectivity index (χ3v) is 3.90. The predicted molar refractivity (Wildman–Crippen MR) is 101 cm³/mol. The Labute approximate surface area is 163 Å². The maximum absolute atomic E-state index is 11.9. The molecule has 1 aromatic carbocycles. The van der Waals surface area contributed by atoms with E-state index in [1.54, 1.807) is 19.1 Å². The van der Waals surface area contributed by atoms with Crippen molar-refractivity contribution in [3.05, 3.63) is 35.9 Å². The molecular formula is C19H27N3O6. The summed E-state index contributed by atoms with van der Waals surface area (Å²) in [6.45, 7) is 1.59. The van der Waals surface area contributed by atoms with Gasteiger partial charge in [0.05, 0.1) is 12.5 Å². The number of alkyl carbamates (subject to hydrolysis) is 1. The number of aliphatic hydroxyl groups is 1. The number of primary amides is 1. The number of nitrogens with one attached hydrogen (secondary N) is 2. The summed E-state index contributed by atoms with van der Waals surface area (Å²) in [6.07, 6.45) is -1.67. The molecule has 154 valence electrons. The third kappa shape index (κ3) is 9.67. The Kier molecular flexibility index (Phi) is 10.3. The van der Waals surface area contributed by atoms with Gasteiger partial charge in [-0.2, -0.15) is 0 Å². The smallest absolute Gasteiger partial charge is 0.407 e. The van der Waals surface area contributed by atoms with Gasteiger partial charge in [0.2, 0.25) is 11.8 Å². The Hall–Kier alpha value is -2.94. The molecule has 0 aliphatic carbocycles. The Morgan fingerprint density at radius 1 is 1.18 bits per heavy atom. The van der Waals surface area contributed by atoms with Gasteiger partial charge in [0.1, 0.15) is 18.4 Å². The molecule has 0 saturated heterocycles. The number of carbonyl (C=O) groups is 4. The molecule has 1 rings (SSSR count). The Bertz CT molecular complexity index is 665. The summed E-state index contributed by atoms with van der Waals surface area (Å²) < 4.78 is 4.99. The molecule has 0 fully saturated rings. The van der Waals surface area contributed by atoms with E-state index in [0.29, 0.717) is 6.42 Å². The minimum absolute atomic E-state index is 0.0428. The van der Waals surface area contributed by atoms with E-state index in [2.05, 4.69) is 10.6 Å². The Morgan fingerprint density at radius 2 is 1.86 bits per heavy atom. The van der Waals surface area contributed by atoms with E-state index in [1.165, 1.54) is 0 Å². The first-order valence-electron chi connectivity index (χ1n) is 9.04. The van der Waals surface area contributed by atoms with Crippen LogP contribution in [-0.4, -0.2) is 47.5 Å². The summed E-state index contributed by atoms with van der Waals surface area (Å²) in [5, 5.41) is 14.6. The van der Waals surface area contributed by atoms with E-state index < -0.39 is 30.1 Å². The molecular weight excluding hydrogens is 366 g/mol. The molecule has 5 N–H and O–H groups in total. The van der Waals surface area contributed by atoms with Crippen LogP contribution in [-0.2, 0) is 25.7 Å². The average Bonchev–Trinajstić information content (AvgIpc) is 2.68. The molecule has 0 aliphatic rings. The van der Waals surface area contributed by atoms with Crippen LogP contribution in [0.4, 0.5) is 4.79 Å². The molecule has 2 atom stereocenters. The molecule has 0 heterocycles. The van der Waals surface area contributed by atoms with Gasteiger partial charge in [0.25, 0.3) is 0 Å². The number of aliphatic hydroxyl groups excluding tert-OH is 1. The summed E-state index contributed by atoms with van der Waals surface area (Å²) >= 11 is 0. The first-order chi connectivity index (χ1) is 13.3. The third-order valence-electron chi connectivity index (χ3n) is 3.90. The standard InChI is InChI=1S/C19H27N3O6/c1-2-14(23)8-9-16(18(20)26)22-17(25)10-15(24)11-21-19(27)28-12-13-6-4-3-5-7-13/h3-7,15-16,24H,2,8-12H2,1H3,(H2,20,26)(H,21,27)(H,22,25)/t15-,16-/m0/s1. The highest BCUT2D eigenvalue weighted by atomic mass is 16.5. The molecule has 9 nitrogen and oxygen atoms in total. The molecule has 1 aromatic rings. The van der Waals surface area contributed by atoms with Crippen molar-refractivity contribution in [2.24, 2.45) is 5.73 Å². The van der Waals surface area contributed by atoms with Crippen molar-refractivity contribution < 1.29 is 29.0 Å². The molecule has 0 aromatic heterocycles. The summed E-state index contributed by atoms with van der Waals surface area (Å²) in [5.41, 5.74) is 6.04.